The molecule has 0 spiro atoms. The van der Waals surface area contributed by atoms with Crippen molar-refractivity contribution in [2.24, 2.45) is 0 Å². The number of hydrogen-bond donors (Lipinski definition) is 1. The maximum absolute atomic E-state index is 10.9. The molecule has 0 saturated carbocycles. The summed E-state index contributed by atoms with van der Waals surface area (Å²) in [5.41, 5.74) is 1.97. The van der Waals surface area contributed by atoms with Crippen molar-refractivity contribution < 1.29 is 29.0 Å². The van der Waals surface area contributed by atoms with Crippen LogP contribution in [0.25, 0.3) is 5.57 Å². The van der Waals surface area contributed by atoms with Crippen molar-refractivity contribution in [3.63, 3.8) is 0 Å². The summed E-state index contributed by atoms with van der Waals surface area (Å²) in [5, 5.41) is 21.2. The highest BCUT2D eigenvalue weighted by Gasteiger charge is 2.22. The summed E-state index contributed by atoms with van der Waals surface area (Å²) in [4.78, 5) is 12.5. The van der Waals surface area contributed by atoms with Crippen molar-refractivity contribution in [2.75, 3.05) is 47.6 Å². The van der Waals surface area contributed by atoms with E-state index in [1.165, 1.54) is 12.1 Å². The Labute approximate surface area is 186 Å². The molecule has 0 bridgehead atoms. The van der Waals surface area contributed by atoms with Crippen molar-refractivity contribution in [1.29, 1.82) is 0 Å². The van der Waals surface area contributed by atoms with Crippen LogP contribution in [-0.2, 0) is 0 Å². The molecule has 1 aliphatic heterocycles. The summed E-state index contributed by atoms with van der Waals surface area (Å²) in [5.74, 6) is 2.39. The van der Waals surface area contributed by atoms with Gasteiger partial charge in [-0.25, -0.2) is 0 Å². The van der Waals surface area contributed by atoms with Gasteiger partial charge in [0.1, 0.15) is 35.7 Å². The van der Waals surface area contributed by atoms with Gasteiger partial charge in [0, 0.05) is 37.8 Å². The molecule has 9 nitrogen and oxygen atoms in total. The van der Waals surface area contributed by atoms with E-state index >= 15 is 0 Å². The van der Waals surface area contributed by atoms with Gasteiger partial charge >= 0.3 is 0 Å². The SMILES string of the molecule is COc1cc(OC)c(C2=CCN(C[C@@H](O)COc3cccc([N+](=O)[O-])c3)CC2)c(OC)c1. The van der Waals surface area contributed by atoms with Gasteiger partial charge < -0.3 is 24.1 Å². The lowest BCUT2D eigenvalue weighted by Crippen LogP contribution is -2.38. The Morgan fingerprint density at radius 3 is 2.38 bits per heavy atom. The van der Waals surface area contributed by atoms with E-state index in [1.807, 2.05) is 12.1 Å². The van der Waals surface area contributed by atoms with Gasteiger partial charge in [-0.15, -0.1) is 0 Å². The third kappa shape index (κ3) is 5.68. The van der Waals surface area contributed by atoms with E-state index in [1.54, 1.807) is 33.5 Å². The Morgan fingerprint density at radius 2 is 1.81 bits per heavy atom. The summed E-state index contributed by atoms with van der Waals surface area (Å²) < 4.78 is 22.0. The van der Waals surface area contributed by atoms with Gasteiger partial charge in [-0.1, -0.05) is 12.1 Å². The fourth-order valence-corrected chi connectivity index (χ4v) is 3.66. The predicted octanol–water partition coefficient (Wildman–Crippen LogP) is 3.15. The van der Waals surface area contributed by atoms with E-state index in [0.717, 1.165) is 24.1 Å². The van der Waals surface area contributed by atoms with Crippen LogP contribution in [0.1, 0.15) is 12.0 Å². The normalized spacial score (nSPS) is 14.9. The second-order valence-corrected chi connectivity index (χ2v) is 7.37. The molecule has 0 amide bonds. The third-order valence-electron chi connectivity index (χ3n) is 5.27. The van der Waals surface area contributed by atoms with Gasteiger partial charge in [0.05, 0.1) is 37.9 Å². The lowest BCUT2D eigenvalue weighted by atomic mass is 9.97. The molecule has 1 heterocycles. The summed E-state index contributed by atoms with van der Waals surface area (Å²) in [7, 11) is 4.83. The van der Waals surface area contributed by atoms with E-state index in [2.05, 4.69) is 11.0 Å². The third-order valence-corrected chi connectivity index (χ3v) is 5.27. The molecule has 0 aromatic heterocycles. The second-order valence-electron chi connectivity index (χ2n) is 7.37. The highest BCUT2D eigenvalue weighted by atomic mass is 16.6. The van der Waals surface area contributed by atoms with Gasteiger partial charge in [-0.05, 0) is 18.1 Å². The van der Waals surface area contributed by atoms with Crippen LogP contribution in [0, 0.1) is 10.1 Å². The first-order valence-corrected chi connectivity index (χ1v) is 10.2. The van der Waals surface area contributed by atoms with Gasteiger partial charge in [0.15, 0.2) is 0 Å². The molecule has 32 heavy (non-hydrogen) atoms. The summed E-state index contributed by atoms with van der Waals surface area (Å²) >= 11 is 0. The lowest BCUT2D eigenvalue weighted by Gasteiger charge is -2.29. The van der Waals surface area contributed by atoms with Crippen molar-refractivity contribution in [1.82, 2.24) is 4.90 Å². The molecule has 0 aliphatic carbocycles. The van der Waals surface area contributed by atoms with E-state index in [-0.39, 0.29) is 12.3 Å². The minimum absolute atomic E-state index is 0.0462. The number of nitro benzene ring substituents is 1. The molecular formula is C23H28N2O7. The van der Waals surface area contributed by atoms with Crippen molar-refractivity contribution >= 4 is 11.3 Å². The van der Waals surface area contributed by atoms with Crippen LogP contribution >= 0.6 is 0 Å². The molecule has 1 aliphatic rings. The van der Waals surface area contributed by atoms with Gasteiger partial charge in [0.25, 0.3) is 5.69 Å². The molecule has 0 saturated heterocycles. The smallest absolute Gasteiger partial charge is 0.273 e. The average molecular weight is 444 g/mol. The second kappa shape index (κ2) is 10.8. The fraction of sp³-hybridized carbons (Fsp3) is 0.391. The molecule has 1 atom stereocenters. The first-order chi connectivity index (χ1) is 15.4. The largest absolute Gasteiger partial charge is 0.496 e. The quantitative estimate of drug-likeness (QED) is 0.440. The highest BCUT2D eigenvalue weighted by Crippen LogP contribution is 2.40. The molecular weight excluding hydrogens is 416 g/mol. The number of aliphatic hydroxyl groups is 1. The standard InChI is InChI=1S/C23H28N2O7/c1-29-20-12-21(30-2)23(22(13-20)31-3)16-7-9-24(10-8-16)14-18(26)15-32-19-6-4-5-17(11-19)25(27)28/h4-7,11-13,18,26H,8-10,14-15H2,1-3H3/t18-/m1/s1. The number of ether oxygens (including phenoxy) is 4. The first-order valence-electron chi connectivity index (χ1n) is 10.2. The summed E-state index contributed by atoms with van der Waals surface area (Å²) in [6.45, 7) is 1.88. The van der Waals surface area contributed by atoms with Crippen molar-refractivity contribution in [2.45, 2.75) is 12.5 Å². The van der Waals surface area contributed by atoms with Crippen LogP contribution in [0.5, 0.6) is 23.0 Å². The molecule has 9 heteroatoms. The lowest BCUT2D eigenvalue weighted by molar-refractivity contribution is -0.384. The van der Waals surface area contributed by atoms with E-state index in [4.69, 9.17) is 18.9 Å². The van der Waals surface area contributed by atoms with E-state index < -0.39 is 11.0 Å². The maximum atomic E-state index is 10.9. The van der Waals surface area contributed by atoms with Crippen molar-refractivity contribution in [3.05, 3.63) is 58.2 Å². The Kier molecular flexibility index (Phi) is 7.91. The fourth-order valence-electron chi connectivity index (χ4n) is 3.66. The van der Waals surface area contributed by atoms with Crippen LogP contribution < -0.4 is 18.9 Å². The number of aliphatic hydroxyl groups excluding tert-OH is 1. The molecule has 172 valence electrons. The Bertz CT molecular complexity index is 952. The molecule has 2 aromatic rings. The number of nitrogens with zero attached hydrogens (tertiary/aromatic N) is 2. The zero-order valence-electron chi connectivity index (χ0n) is 18.4. The Hall–Kier alpha value is -3.30. The predicted molar refractivity (Wildman–Crippen MR) is 120 cm³/mol. The topological polar surface area (TPSA) is 104 Å². The molecule has 1 N–H and O–H groups in total. The highest BCUT2D eigenvalue weighted by molar-refractivity contribution is 5.77. The van der Waals surface area contributed by atoms with E-state index in [0.29, 0.717) is 36.1 Å². The Balaban J connectivity index is 1.60. The molecule has 3 rings (SSSR count). The van der Waals surface area contributed by atoms with Crippen LogP contribution in [0.3, 0.4) is 0 Å². The number of benzene rings is 2. The van der Waals surface area contributed by atoms with Crippen LogP contribution in [-0.4, -0.2) is 68.6 Å². The summed E-state index contributed by atoms with van der Waals surface area (Å²) in [6.07, 6.45) is 2.14. The van der Waals surface area contributed by atoms with Gasteiger partial charge in [-0.2, -0.15) is 0 Å². The molecule has 2 aromatic carbocycles. The monoisotopic (exact) mass is 444 g/mol. The van der Waals surface area contributed by atoms with Crippen LogP contribution in [0.15, 0.2) is 42.5 Å². The zero-order valence-corrected chi connectivity index (χ0v) is 18.4. The number of rotatable bonds is 10. The van der Waals surface area contributed by atoms with Crippen molar-refractivity contribution in [3.8, 4) is 23.0 Å². The minimum Gasteiger partial charge on any atom is -0.496 e. The van der Waals surface area contributed by atoms with Gasteiger partial charge in [0.2, 0.25) is 0 Å². The number of methoxy groups -OCH3 is 3. The molecule has 0 fully saturated rings. The first kappa shape index (κ1) is 23.4. The van der Waals surface area contributed by atoms with E-state index in [9.17, 15) is 15.2 Å². The maximum Gasteiger partial charge on any atom is 0.273 e. The zero-order chi connectivity index (χ0) is 23.1. The molecule has 0 unspecified atom stereocenters. The number of β-amino-alcohol motifs (C(OH)–C–C–N with tert-alkyl or cyclic N) is 1. The van der Waals surface area contributed by atoms with Crippen LogP contribution in [0.4, 0.5) is 5.69 Å². The number of non-ortho nitro benzene ring substituents is 1. The number of nitro groups is 1. The average Bonchev–Trinajstić information content (AvgIpc) is 2.82. The van der Waals surface area contributed by atoms with Crippen LogP contribution in [0.2, 0.25) is 0 Å². The van der Waals surface area contributed by atoms with Gasteiger partial charge in [-0.3, -0.25) is 15.0 Å². The summed E-state index contributed by atoms with van der Waals surface area (Å²) in [6, 6.07) is 9.59. The molecule has 0 radical (unpaired) electrons. The Morgan fingerprint density at radius 1 is 1.09 bits per heavy atom. The number of hydrogen-bond acceptors (Lipinski definition) is 8. The minimum atomic E-state index is -0.728.